The molecule has 0 aromatic heterocycles. The van der Waals surface area contributed by atoms with Crippen LogP contribution in [0.3, 0.4) is 0 Å². The van der Waals surface area contributed by atoms with Gasteiger partial charge in [0.2, 0.25) is 0 Å². The minimum atomic E-state index is -4.59. The summed E-state index contributed by atoms with van der Waals surface area (Å²) in [6.07, 6.45) is -0.792. The summed E-state index contributed by atoms with van der Waals surface area (Å²) in [5.74, 6) is -1.15. The van der Waals surface area contributed by atoms with E-state index in [1.165, 1.54) is 0 Å². The predicted molar refractivity (Wildman–Crippen MR) is 116 cm³/mol. The molecule has 4 fully saturated rings. The van der Waals surface area contributed by atoms with E-state index in [0.29, 0.717) is 51.7 Å². The van der Waals surface area contributed by atoms with Crippen LogP contribution in [0, 0.1) is 11.2 Å². The van der Waals surface area contributed by atoms with Gasteiger partial charge < -0.3 is 24.6 Å². The molecule has 3 aliphatic heterocycles. The van der Waals surface area contributed by atoms with E-state index in [9.17, 15) is 22.4 Å². The Morgan fingerprint density at radius 1 is 1.18 bits per heavy atom. The lowest BCUT2D eigenvalue weighted by atomic mass is 9.61. The molecule has 5 rings (SSSR count). The Labute approximate surface area is 195 Å². The van der Waals surface area contributed by atoms with E-state index in [2.05, 4.69) is 11.9 Å². The number of carbonyl (C=O) groups is 1. The van der Waals surface area contributed by atoms with Crippen molar-refractivity contribution in [3.8, 4) is 5.75 Å². The van der Waals surface area contributed by atoms with Crippen molar-refractivity contribution in [2.45, 2.75) is 56.5 Å². The number of nitrogens with one attached hydrogen (secondary N) is 1. The lowest BCUT2D eigenvalue weighted by molar-refractivity contribution is -0.137. The van der Waals surface area contributed by atoms with Crippen LogP contribution in [0.1, 0.15) is 37.7 Å². The molecule has 10 heteroatoms. The number of piperidine rings is 2. The molecular weight excluding hydrogens is 454 g/mol. The molecule has 0 bridgehead atoms. The summed E-state index contributed by atoms with van der Waals surface area (Å²) in [4.78, 5) is 16.9. The molecule has 3 heterocycles. The normalized spacial score (nSPS) is 27.1. The molecule has 0 unspecified atom stereocenters. The van der Waals surface area contributed by atoms with Gasteiger partial charge in [-0.2, -0.15) is 13.2 Å². The zero-order chi connectivity index (χ0) is 24.1. The minimum absolute atomic E-state index is 0.0465. The van der Waals surface area contributed by atoms with Crippen LogP contribution < -0.4 is 10.1 Å². The van der Waals surface area contributed by atoms with Gasteiger partial charge in [0, 0.05) is 31.9 Å². The Kier molecular flexibility index (Phi) is 5.90. The first-order chi connectivity index (χ1) is 16.1. The molecule has 1 aliphatic carbocycles. The van der Waals surface area contributed by atoms with Gasteiger partial charge in [-0.15, -0.1) is 0 Å². The highest BCUT2D eigenvalue weighted by Crippen LogP contribution is 2.50. The zero-order valence-electron chi connectivity index (χ0n) is 18.9. The van der Waals surface area contributed by atoms with Crippen LogP contribution in [0.25, 0.3) is 0 Å². The van der Waals surface area contributed by atoms with Crippen molar-refractivity contribution < 1.29 is 31.8 Å². The van der Waals surface area contributed by atoms with E-state index in [-0.39, 0.29) is 35.4 Å². The Bertz CT molecular complexity index is 953. The van der Waals surface area contributed by atoms with Gasteiger partial charge in [-0.3, -0.25) is 0 Å². The number of halogens is 4. The molecule has 1 N–H and O–H groups in total. The first-order valence-electron chi connectivity index (χ1n) is 11.8. The second kappa shape index (κ2) is 8.62. The Balaban J connectivity index is 1.10. The zero-order valence-corrected chi connectivity index (χ0v) is 18.9. The van der Waals surface area contributed by atoms with E-state index >= 15 is 0 Å². The number of alkyl halides is 3. The van der Waals surface area contributed by atoms with Crippen molar-refractivity contribution in [2.75, 3.05) is 32.8 Å². The molecule has 2 amide bonds. The van der Waals surface area contributed by atoms with E-state index in [4.69, 9.17) is 9.47 Å². The molecule has 6 nitrogen and oxygen atoms in total. The molecule has 0 radical (unpaired) electrons. The number of likely N-dealkylation sites (tertiary alicyclic amines) is 2. The maximum Gasteiger partial charge on any atom is 0.416 e. The second-order valence-corrected chi connectivity index (χ2v) is 10.00. The van der Waals surface area contributed by atoms with E-state index in [0.717, 1.165) is 37.1 Å². The number of ether oxygens (including phenoxy) is 2. The van der Waals surface area contributed by atoms with Crippen LogP contribution in [0.5, 0.6) is 5.75 Å². The van der Waals surface area contributed by atoms with E-state index in [1.54, 1.807) is 0 Å². The average molecular weight is 484 g/mol. The Morgan fingerprint density at radius 2 is 1.91 bits per heavy atom. The lowest BCUT2D eigenvalue weighted by Gasteiger charge is -2.52. The van der Waals surface area contributed by atoms with Crippen LogP contribution in [0.4, 0.5) is 22.4 Å². The van der Waals surface area contributed by atoms with Gasteiger partial charge in [0.15, 0.2) is 11.6 Å². The summed E-state index contributed by atoms with van der Waals surface area (Å²) in [5.41, 5.74) is -0.137. The third kappa shape index (κ3) is 4.56. The van der Waals surface area contributed by atoms with Crippen LogP contribution in [0.2, 0.25) is 0 Å². The minimum Gasteiger partial charge on any atom is -0.487 e. The first-order valence-corrected chi connectivity index (χ1v) is 11.8. The number of fused-ring (bicyclic) bond motifs is 1. The molecule has 1 aromatic carbocycles. The maximum atomic E-state index is 14.1. The molecule has 3 saturated heterocycles. The van der Waals surface area contributed by atoms with Crippen molar-refractivity contribution in [1.82, 2.24) is 15.1 Å². The topological polar surface area (TPSA) is 54.0 Å². The van der Waals surface area contributed by atoms with E-state index in [1.807, 2.05) is 9.80 Å². The summed E-state index contributed by atoms with van der Waals surface area (Å²) < 4.78 is 63.7. The lowest BCUT2D eigenvalue weighted by Crippen LogP contribution is -2.61. The van der Waals surface area contributed by atoms with Crippen molar-refractivity contribution in [3.05, 3.63) is 41.9 Å². The highest BCUT2D eigenvalue weighted by atomic mass is 19.4. The highest BCUT2D eigenvalue weighted by molar-refractivity contribution is 5.74. The SMILES string of the molecule is C=C1CO[C@H]2CCN(C(=O)N3CCC4(CC3)CC(Oc3ccc(C(F)(F)F)cc3F)C4)C[C@@H]2N1. The molecule has 186 valence electrons. The maximum absolute atomic E-state index is 14.1. The number of nitrogens with zero attached hydrogens (tertiary/aromatic N) is 2. The van der Waals surface area contributed by atoms with Crippen molar-refractivity contribution in [1.29, 1.82) is 0 Å². The number of carbonyl (C=O) groups excluding carboxylic acids is 1. The fourth-order valence-corrected chi connectivity index (χ4v) is 5.68. The quantitative estimate of drug-likeness (QED) is 0.642. The molecule has 1 spiro atoms. The monoisotopic (exact) mass is 483 g/mol. The number of morpholine rings is 1. The molecular formula is C24H29F4N3O3. The molecule has 4 aliphatic rings. The van der Waals surface area contributed by atoms with Crippen LogP contribution in [-0.2, 0) is 10.9 Å². The van der Waals surface area contributed by atoms with Gasteiger partial charge in [0.1, 0.15) is 0 Å². The highest BCUT2D eigenvalue weighted by Gasteiger charge is 2.48. The third-order valence-electron chi connectivity index (χ3n) is 7.65. The number of benzene rings is 1. The van der Waals surface area contributed by atoms with Crippen molar-refractivity contribution in [3.63, 3.8) is 0 Å². The van der Waals surface area contributed by atoms with E-state index < -0.39 is 17.6 Å². The third-order valence-corrected chi connectivity index (χ3v) is 7.65. The molecule has 1 saturated carbocycles. The number of amides is 2. The number of hydrogen-bond acceptors (Lipinski definition) is 4. The van der Waals surface area contributed by atoms with Gasteiger partial charge in [-0.1, -0.05) is 6.58 Å². The number of urea groups is 1. The molecule has 34 heavy (non-hydrogen) atoms. The summed E-state index contributed by atoms with van der Waals surface area (Å²) in [7, 11) is 0. The predicted octanol–water partition coefficient (Wildman–Crippen LogP) is 4.16. The van der Waals surface area contributed by atoms with Crippen molar-refractivity contribution in [2.24, 2.45) is 5.41 Å². The fraction of sp³-hybridized carbons (Fsp3) is 0.625. The van der Waals surface area contributed by atoms with Gasteiger partial charge in [-0.05, 0) is 55.7 Å². The van der Waals surface area contributed by atoms with Gasteiger partial charge >= 0.3 is 12.2 Å². The smallest absolute Gasteiger partial charge is 0.416 e. The molecule has 1 aromatic rings. The summed E-state index contributed by atoms with van der Waals surface area (Å²) >= 11 is 0. The number of rotatable bonds is 2. The average Bonchev–Trinajstić information content (AvgIpc) is 2.78. The summed E-state index contributed by atoms with van der Waals surface area (Å²) in [6.45, 7) is 7.01. The standard InChI is InChI=1S/C24H29F4N3O3/c1-15-14-33-21-4-7-31(13-19(21)29-15)22(32)30-8-5-23(6-9-30)11-17(12-23)34-20-3-2-16(10-18(20)25)24(26,27)28/h2-3,10,17,19,21,29H,1,4-9,11-14H2/t19-,21-/m0/s1. The summed E-state index contributed by atoms with van der Waals surface area (Å²) in [5, 5.41) is 3.35. The Morgan fingerprint density at radius 3 is 2.59 bits per heavy atom. The van der Waals surface area contributed by atoms with Crippen LogP contribution in [0.15, 0.2) is 30.5 Å². The van der Waals surface area contributed by atoms with Gasteiger partial charge in [-0.25, -0.2) is 9.18 Å². The fourth-order valence-electron chi connectivity index (χ4n) is 5.68. The largest absolute Gasteiger partial charge is 0.487 e. The first kappa shape index (κ1) is 23.3. The molecule has 2 atom stereocenters. The van der Waals surface area contributed by atoms with Crippen LogP contribution in [-0.4, -0.2) is 66.9 Å². The summed E-state index contributed by atoms with van der Waals surface area (Å²) in [6, 6.07) is 2.48. The second-order valence-electron chi connectivity index (χ2n) is 10.00. The van der Waals surface area contributed by atoms with Crippen molar-refractivity contribution >= 4 is 6.03 Å². The van der Waals surface area contributed by atoms with Crippen LogP contribution >= 0.6 is 0 Å². The number of hydrogen-bond donors (Lipinski definition) is 1. The Hall–Kier alpha value is -2.49. The van der Waals surface area contributed by atoms with Gasteiger partial charge in [0.25, 0.3) is 0 Å². The van der Waals surface area contributed by atoms with Gasteiger partial charge in [0.05, 0.1) is 30.4 Å².